The average molecular weight is 495 g/mol. The predicted molar refractivity (Wildman–Crippen MR) is 122 cm³/mol. The minimum Gasteiger partial charge on any atom is -0.297 e. The summed E-state index contributed by atoms with van der Waals surface area (Å²) < 4.78 is 54.3. The Kier molecular flexibility index (Phi) is 7.17. The van der Waals surface area contributed by atoms with Crippen molar-refractivity contribution in [1.29, 1.82) is 0 Å². The Bertz CT molecular complexity index is 1210. The Hall–Kier alpha value is -1.97. The zero-order valence-electron chi connectivity index (χ0n) is 17.0. The first-order valence-corrected chi connectivity index (χ1v) is 12.7. The van der Waals surface area contributed by atoms with Crippen LogP contribution in [0, 0.1) is 11.6 Å². The first kappa shape index (κ1) is 23.2. The summed E-state index contributed by atoms with van der Waals surface area (Å²) in [6.07, 6.45) is 0.634. The Balaban J connectivity index is 1.40. The second-order valence-electron chi connectivity index (χ2n) is 7.58. The fraction of sp³-hybridized carbons (Fsp3) is 0.217. The van der Waals surface area contributed by atoms with Gasteiger partial charge in [-0.15, -0.1) is 0 Å². The van der Waals surface area contributed by atoms with E-state index in [1.807, 2.05) is 36.4 Å². The van der Waals surface area contributed by atoms with Crippen LogP contribution in [0.2, 0.25) is 5.02 Å². The van der Waals surface area contributed by atoms with Crippen LogP contribution in [-0.4, -0.2) is 32.4 Å². The topological polar surface area (TPSA) is 49.4 Å². The van der Waals surface area contributed by atoms with Crippen molar-refractivity contribution in [2.24, 2.45) is 0 Å². The van der Waals surface area contributed by atoms with E-state index in [2.05, 4.69) is 21.8 Å². The van der Waals surface area contributed by atoms with Gasteiger partial charge in [0.05, 0.1) is 4.90 Å². The molecule has 4 rings (SSSR count). The van der Waals surface area contributed by atoms with Crippen molar-refractivity contribution >= 4 is 33.4 Å². The minimum atomic E-state index is -3.93. The van der Waals surface area contributed by atoms with E-state index >= 15 is 0 Å². The van der Waals surface area contributed by atoms with E-state index in [1.54, 1.807) is 11.8 Å². The highest BCUT2D eigenvalue weighted by molar-refractivity contribution is 7.99. The molecule has 1 fully saturated rings. The molecule has 32 heavy (non-hydrogen) atoms. The Labute approximate surface area is 195 Å². The van der Waals surface area contributed by atoms with E-state index in [4.69, 9.17) is 11.6 Å². The molecule has 1 unspecified atom stereocenters. The van der Waals surface area contributed by atoms with Gasteiger partial charge in [0.2, 0.25) is 10.0 Å². The number of benzene rings is 3. The van der Waals surface area contributed by atoms with Crippen LogP contribution in [0.1, 0.15) is 12.0 Å². The van der Waals surface area contributed by atoms with Crippen molar-refractivity contribution in [3.8, 4) is 0 Å². The Morgan fingerprint density at radius 2 is 1.78 bits per heavy atom. The van der Waals surface area contributed by atoms with Crippen LogP contribution in [0.5, 0.6) is 0 Å². The number of nitrogens with zero attached hydrogens (tertiary/aromatic N) is 1. The summed E-state index contributed by atoms with van der Waals surface area (Å²) in [6.45, 7) is 1.94. The Morgan fingerprint density at radius 1 is 1.03 bits per heavy atom. The summed E-state index contributed by atoms with van der Waals surface area (Å²) in [6, 6.07) is 18.1. The fourth-order valence-corrected chi connectivity index (χ4v) is 5.94. The molecular weight excluding hydrogens is 474 g/mol. The number of hydrogen-bond acceptors (Lipinski definition) is 4. The first-order chi connectivity index (χ1) is 15.3. The van der Waals surface area contributed by atoms with Crippen LogP contribution in [0.25, 0.3) is 0 Å². The van der Waals surface area contributed by atoms with E-state index in [1.165, 1.54) is 0 Å². The lowest BCUT2D eigenvalue weighted by Gasteiger charge is -2.19. The van der Waals surface area contributed by atoms with Crippen LogP contribution in [0.15, 0.2) is 81.4 Å². The van der Waals surface area contributed by atoms with Gasteiger partial charge in [0.25, 0.3) is 0 Å². The lowest BCUT2D eigenvalue weighted by Crippen LogP contribution is -2.37. The lowest BCUT2D eigenvalue weighted by molar-refractivity contribution is 0.322. The molecule has 1 atom stereocenters. The highest BCUT2D eigenvalue weighted by atomic mass is 35.5. The Morgan fingerprint density at radius 3 is 2.53 bits per heavy atom. The standard InChI is InChI=1S/C23H21ClF2N2O2S2/c24-17-5-7-19(8-6-17)31-23-4-2-1-3-16(23)14-28-12-11-18(15-28)27-32(29,30)20-9-10-21(25)22(26)13-20/h1-10,13,18,27H,11-12,14-15H2. The van der Waals surface area contributed by atoms with Crippen molar-refractivity contribution in [2.75, 3.05) is 13.1 Å². The van der Waals surface area contributed by atoms with Gasteiger partial charge >= 0.3 is 0 Å². The zero-order valence-corrected chi connectivity index (χ0v) is 19.4. The van der Waals surface area contributed by atoms with Crippen molar-refractivity contribution in [3.63, 3.8) is 0 Å². The number of rotatable bonds is 7. The van der Waals surface area contributed by atoms with Crippen molar-refractivity contribution in [2.45, 2.75) is 33.7 Å². The third-order valence-electron chi connectivity index (χ3n) is 5.20. The molecule has 4 nitrogen and oxygen atoms in total. The third kappa shape index (κ3) is 5.68. The minimum absolute atomic E-state index is 0.278. The summed E-state index contributed by atoms with van der Waals surface area (Å²) in [5.74, 6) is -2.26. The van der Waals surface area contributed by atoms with E-state index in [-0.39, 0.29) is 10.9 Å². The highest BCUT2D eigenvalue weighted by Gasteiger charge is 2.28. The second kappa shape index (κ2) is 9.89. The van der Waals surface area contributed by atoms with E-state index in [9.17, 15) is 17.2 Å². The van der Waals surface area contributed by atoms with Crippen LogP contribution in [-0.2, 0) is 16.6 Å². The first-order valence-electron chi connectivity index (χ1n) is 10.0. The highest BCUT2D eigenvalue weighted by Crippen LogP contribution is 2.32. The van der Waals surface area contributed by atoms with Crippen LogP contribution in [0.3, 0.4) is 0 Å². The van der Waals surface area contributed by atoms with Crippen molar-refractivity contribution < 1.29 is 17.2 Å². The van der Waals surface area contributed by atoms with E-state index in [0.29, 0.717) is 30.6 Å². The summed E-state index contributed by atoms with van der Waals surface area (Å²) in [4.78, 5) is 4.11. The molecule has 3 aromatic rings. The molecular formula is C23H21ClF2N2O2S2. The van der Waals surface area contributed by atoms with Gasteiger partial charge in [-0.1, -0.05) is 41.6 Å². The molecule has 0 radical (unpaired) electrons. The molecule has 3 aromatic carbocycles. The van der Waals surface area contributed by atoms with Gasteiger partial charge in [-0.2, -0.15) is 0 Å². The van der Waals surface area contributed by atoms with Crippen molar-refractivity contribution in [3.05, 3.63) is 89.0 Å². The number of sulfonamides is 1. The third-order valence-corrected chi connectivity index (χ3v) is 8.10. The van der Waals surface area contributed by atoms with E-state index in [0.717, 1.165) is 34.0 Å². The molecule has 1 aliphatic heterocycles. The summed E-state index contributed by atoms with van der Waals surface area (Å²) in [5, 5.41) is 0.691. The largest absolute Gasteiger partial charge is 0.297 e. The van der Waals surface area contributed by atoms with Gasteiger partial charge in [-0.3, -0.25) is 4.90 Å². The molecule has 1 N–H and O–H groups in total. The second-order valence-corrected chi connectivity index (χ2v) is 10.8. The SMILES string of the molecule is O=S(=O)(NC1CCN(Cc2ccccc2Sc2ccc(Cl)cc2)C1)c1ccc(F)c(F)c1. The van der Waals surface area contributed by atoms with Crippen LogP contribution >= 0.6 is 23.4 Å². The summed E-state index contributed by atoms with van der Waals surface area (Å²) in [7, 11) is -3.93. The normalized spacial score (nSPS) is 17.0. The maximum atomic E-state index is 13.5. The summed E-state index contributed by atoms with van der Waals surface area (Å²) in [5.41, 5.74) is 1.15. The molecule has 0 amide bonds. The number of hydrogen-bond donors (Lipinski definition) is 1. The van der Waals surface area contributed by atoms with Gasteiger partial charge in [-0.05, 0) is 60.5 Å². The van der Waals surface area contributed by atoms with Gasteiger partial charge < -0.3 is 0 Å². The maximum Gasteiger partial charge on any atom is 0.240 e. The maximum absolute atomic E-state index is 13.5. The molecule has 9 heteroatoms. The van der Waals surface area contributed by atoms with Gasteiger partial charge in [0.1, 0.15) is 0 Å². The average Bonchev–Trinajstić information content (AvgIpc) is 3.19. The monoisotopic (exact) mass is 494 g/mol. The predicted octanol–water partition coefficient (Wildman–Crippen LogP) is 5.32. The van der Waals surface area contributed by atoms with Crippen LogP contribution < -0.4 is 4.72 Å². The van der Waals surface area contributed by atoms with Gasteiger partial charge in [0, 0.05) is 40.5 Å². The van der Waals surface area contributed by atoms with E-state index < -0.39 is 21.7 Å². The lowest BCUT2D eigenvalue weighted by atomic mass is 10.2. The number of likely N-dealkylation sites (tertiary alicyclic amines) is 1. The van der Waals surface area contributed by atoms with Crippen molar-refractivity contribution in [1.82, 2.24) is 9.62 Å². The molecule has 1 heterocycles. The molecule has 0 saturated carbocycles. The zero-order chi connectivity index (χ0) is 22.7. The number of halogens is 3. The van der Waals surface area contributed by atoms with Gasteiger partial charge in [-0.25, -0.2) is 21.9 Å². The molecule has 168 valence electrons. The van der Waals surface area contributed by atoms with Gasteiger partial charge in [0.15, 0.2) is 11.6 Å². The number of nitrogens with one attached hydrogen (secondary N) is 1. The molecule has 1 aliphatic rings. The fourth-order valence-electron chi connectivity index (χ4n) is 3.61. The van der Waals surface area contributed by atoms with Crippen LogP contribution in [0.4, 0.5) is 8.78 Å². The smallest absolute Gasteiger partial charge is 0.240 e. The molecule has 0 bridgehead atoms. The molecule has 1 saturated heterocycles. The molecule has 0 aliphatic carbocycles. The summed E-state index contributed by atoms with van der Waals surface area (Å²) >= 11 is 7.63. The molecule has 0 spiro atoms. The molecule has 0 aromatic heterocycles. The quantitative estimate of drug-likeness (QED) is 0.483.